The second-order valence-corrected chi connectivity index (χ2v) is 12.8. The smallest absolute Gasteiger partial charge is 0.168 e. The fraction of sp³-hybridized carbons (Fsp3) is 0.412. The average molecular weight is 541 g/mol. The molecular weight excluding hydrogens is 500 g/mol. The molecular formula is C34H40N2O4. The van der Waals surface area contributed by atoms with Gasteiger partial charge in [0.05, 0.1) is 33.9 Å². The normalized spacial score (nSPS) is 23.4. The third kappa shape index (κ3) is 7.04. The highest BCUT2D eigenvalue weighted by Crippen LogP contribution is 2.39. The molecule has 2 aromatic rings. The van der Waals surface area contributed by atoms with Crippen LogP contribution in [0.2, 0.25) is 0 Å². The summed E-state index contributed by atoms with van der Waals surface area (Å²) in [7, 11) is 0. The van der Waals surface area contributed by atoms with Gasteiger partial charge in [-0.25, -0.2) is 0 Å². The van der Waals surface area contributed by atoms with Crippen LogP contribution in [0.25, 0.3) is 0 Å². The second-order valence-electron chi connectivity index (χ2n) is 12.8. The molecule has 0 radical (unpaired) electrons. The molecule has 0 aliphatic heterocycles. The molecule has 0 aromatic heterocycles. The van der Waals surface area contributed by atoms with Gasteiger partial charge in [0.25, 0.3) is 0 Å². The van der Waals surface area contributed by atoms with Crippen molar-refractivity contribution in [1.29, 1.82) is 0 Å². The van der Waals surface area contributed by atoms with Crippen molar-refractivity contribution in [3.63, 3.8) is 0 Å². The molecule has 6 heteroatoms. The third-order valence-corrected chi connectivity index (χ3v) is 7.48. The Balaban J connectivity index is 1.67. The molecule has 40 heavy (non-hydrogen) atoms. The number of nitrogens with zero attached hydrogens (tertiary/aromatic N) is 2. The van der Waals surface area contributed by atoms with Crippen LogP contribution >= 0.6 is 0 Å². The van der Waals surface area contributed by atoms with Gasteiger partial charge >= 0.3 is 0 Å². The average Bonchev–Trinajstić information content (AvgIpc) is 2.83. The number of hydrogen-bond acceptors (Lipinski definition) is 6. The largest absolute Gasteiger partial charge is 0.511 e. The lowest BCUT2D eigenvalue weighted by atomic mass is 9.72. The lowest BCUT2D eigenvalue weighted by molar-refractivity contribution is -0.118. The topological polar surface area (TPSA) is 99.3 Å². The highest BCUT2D eigenvalue weighted by molar-refractivity contribution is 6.26. The predicted octanol–water partition coefficient (Wildman–Crippen LogP) is 8.33. The first-order chi connectivity index (χ1) is 18.7. The van der Waals surface area contributed by atoms with E-state index in [4.69, 9.17) is 9.98 Å². The Morgan fingerprint density at radius 1 is 0.625 bits per heavy atom. The lowest BCUT2D eigenvalue weighted by Crippen LogP contribution is -2.33. The Morgan fingerprint density at radius 2 is 0.950 bits per heavy atom. The second kappa shape index (κ2) is 11.4. The molecule has 0 spiro atoms. The van der Waals surface area contributed by atoms with Crippen LogP contribution in [0.1, 0.15) is 77.3 Å². The minimum atomic E-state index is -0.281. The van der Waals surface area contributed by atoms with E-state index in [0.29, 0.717) is 48.5 Å². The summed E-state index contributed by atoms with van der Waals surface area (Å²) in [5.41, 5.74) is 4.63. The van der Waals surface area contributed by atoms with Gasteiger partial charge in [-0.3, -0.25) is 19.6 Å². The fourth-order valence-corrected chi connectivity index (χ4v) is 5.46. The van der Waals surface area contributed by atoms with E-state index in [0.717, 1.165) is 11.1 Å². The molecule has 0 heterocycles. The van der Waals surface area contributed by atoms with Crippen molar-refractivity contribution in [3.8, 4) is 0 Å². The van der Waals surface area contributed by atoms with Crippen molar-refractivity contribution in [3.05, 3.63) is 82.3 Å². The van der Waals surface area contributed by atoms with Crippen LogP contribution in [0, 0.1) is 24.7 Å². The molecule has 6 nitrogen and oxygen atoms in total. The van der Waals surface area contributed by atoms with Crippen LogP contribution in [0.5, 0.6) is 0 Å². The highest BCUT2D eigenvalue weighted by atomic mass is 16.3. The summed E-state index contributed by atoms with van der Waals surface area (Å²) in [6.07, 6.45) is 1.71. The van der Waals surface area contributed by atoms with E-state index in [-0.39, 0.29) is 57.9 Å². The Kier molecular flexibility index (Phi) is 8.29. The van der Waals surface area contributed by atoms with E-state index in [1.807, 2.05) is 90.1 Å². The first kappa shape index (κ1) is 29.2. The summed E-state index contributed by atoms with van der Waals surface area (Å²) in [4.78, 5) is 35.9. The molecule has 0 amide bonds. The molecule has 4 rings (SSSR count). The SMILES string of the molecule is Cc1ccc(N=C2CC(C)(C)CC(=O)C2=C(O)CCC(O)=C2C(=O)CC(C)(C)CC2=Nc2ccc(C)cc2)cc1. The van der Waals surface area contributed by atoms with Gasteiger partial charge in [-0.05, 0) is 61.8 Å². The fourth-order valence-electron chi connectivity index (χ4n) is 5.46. The predicted molar refractivity (Wildman–Crippen MR) is 161 cm³/mol. The van der Waals surface area contributed by atoms with Crippen molar-refractivity contribution < 1.29 is 19.8 Å². The van der Waals surface area contributed by atoms with Gasteiger partial charge in [0.15, 0.2) is 11.6 Å². The van der Waals surface area contributed by atoms with Gasteiger partial charge in [-0.2, -0.15) is 0 Å². The quantitative estimate of drug-likeness (QED) is 0.294. The summed E-state index contributed by atoms with van der Waals surface area (Å²) in [6, 6.07) is 15.4. The molecule has 2 aliphatic carbocycles. The Bertz CT molecular complexity index is 1320. The number of Topliss-reactive ketones (excluding diaryl/α,β-unsaturated/α-hetero) is 2. The number of hydrogen-bond donors (Lipinski definition) is 2. The van der Waals surface area contributed by atoms with Gasteiger partial charge in [-0.15, -0.1) is 0 Å². The van der Waals surface area contributed by atoms with Crippen molar-refractivity contribution in [2.45, 2.75) is 80.1 Å². The summed E-state index contributed by atoms with van der Waals surface area (Å²) in [6.45, 7) is 12.1. The number of carbonyl (C=O) groups excluding carboxylic acids is 2. The maximum Gasteiger partial charge on any atom is 0.168 e. The molecule has 0 unspecified atom stereocenters. The van der Waals surface area contributed by atoms with Crippen LogP contribution in [-0.4, -0.2) is 33.2 Å². The molecule has 2 fully saturated rings. The summed E-state index contributed by atoms with van der Waals surface area (Å²) >= 11 is 0. The Morgan fingerprint density at radius 3 is 1.27 bits per heavy atom. The summed E-state index contributed by atoms with van der Waals surface area (Å²) in [5, 5.41) is 22.3. The highest BCUT2D eigenvalue weighted by Gasteiger charge is 2.38. The number of ketones is 2. The first-order valence-electron chi connectivity index (χ1n) is 13.9. The molecule has 2 aliphatic rings. The maximum atomic E-state index is 13.2. The molecule has 2 aromatic carbocycles. The van der Waals surface area contributed by atoms with Gasteiger partial charge in [0, 0.05) is 25.7 Å². The van der Waals surface area contributed by atoms with E-state index >= 15 is 0 Å². The van der Waals surface area contributed by atoms with Crippen LogP contribution < -0.4 is 0 Å². The van der Waals surface area contributed by atoms with Gasteiger partial charge in [0.2, 0.25) is 0 Å². The van der Waals surface area contributed by atoms with E-state index in [2.05, 4.69) is 0 Å². The number of rotatable bonds is 5. The molecule has 210 valence electrons. The van der Waals surface area contributed by atoms with Crippen molar-refractivity contribution in [2.75, 3.05) is 0 Å². The van der Waals surface area contributed by atoms with E-state index in [9.17, 15) is 19.8 Å². The minimum absolute atomic E-state index is 0.0121. The lowest BCUT2D eigenvalue weighted by Gasteiger charge is -2.32. The summed E-state index contributed by atoms with van der Waals surface area (Å²) < 4.78 is 0. The zero-order valence-corrected chi connectivity index (χ0v) is 24.5. The van der Waals surface area contributed by atoms with E-state index in [1.54, 1.807) is 0 Å². The van der Waals surface area contributed by atoms with E-state index in [1.165, 1.54) is 0 Å². The van der Waals surface area contributed by atoms with Crippen molar-refractivity contribution >= 4 is 34.4 Å². The van der Waals surface area contributed by atoms with Crippen molar-refractivity contribution in [2.24, 2.45) is 20.8 Å². The zero-order valence-electron chi connectivity index (χ0n) is 24.5. The number of benzene rings is 2. The summed E-state index contributed by atoms with van der Waals surface area (Å²) in [5.74, 6) is -0.550. The van der Waals surface area contributed by atoms with Crippen LogP contribution in [0.15, 0.2) is 81.2 Å². The monoisotopic (exact) mass is 540 g/mol. The van der Waals surface area contributed by atoms with Gasteiger partial charge < -0.3 is 10.2 Å². The number of aliphatic hydroxyl groups is 2. The number of aliphatic hydroxyl groups excluding tert-OH is 2. The van der Waals surface area contributed by atoms with Gasteiger partial charge in [0.1, 0.15) is 11.5 Å². The number of aryl methyl sites for hydroxylation is 2. The number of allylic oxidation sites excluding steroid dienone is 4. The molecule has 0 atom stereocenters. The number of aliphatic imine (C=N–C) groups is 2. The van der Waals surface area contributed by atoms with Gasteiger partial charge in [-0.1, -0.05) is 63.1 Å². The standard InChI is InChI=1S/C34H40N2O4/c1-21-7-11-23(12-8-21)35-25-17-33(3,4)19-29(39)31(25)27(37)15-16-28(38)32-26(18-34(5,6)20-30(32)40)36-24-13-9-22(2)10-14-24/h7-14,37-38H,15-20H2,1-6H3. The Hall–Kier alpha value is -3.80. The molecule has 2 saturated carbocycles. The molecule has 0 bridgehead atoms. The molecule has 0 saturated heterocycles. The molecule has 2 N–H and O–H groups in total. The van der Waals surface area contributed by atoms with Crippen LogP contribution in [0.3, 0.4) is 0 Å². The first-order valence-corrected chi connectivity index (χ1v) is 13.9. The maximum absolute atomic E-state index is 13.2. The number of carbonyl (C=O) groups is 2. The van der Waals surface area contributed by atoms with E-state index < -0.39 is 0 Å². The minimum Gasteiger partial charge on any atom is -0.511 e. The van der Waals surface area contributed by atoms with Crippen LogP contribution in [-0.2, 0) is 9.59 Å². The Labute approximate surface area is 237 Å². The third-order valence-electron chi connectivity index (χ3n) is 7.48. The zero-order chi connectivity index (χ0) is 29.2. The van der Waals surface area contributed by atoms with Crippen LogP contribution in [0.4, 0.5) is 11.4 Å². The van der Waals surface area contributed by atoms with Crippen molar-refractivity contribution in [1.82, 2.24) is 0 Å².